The van der Waals surface area contributed by atoms with Gasteiger partial charge in [-0.2, -0.15) is 0 Å². The minimum Gasteiger partial charge on any atom is -0.478 e. The molecule has 5 nitrogen and oxygen atoms in total. The predicted molar refractivity (Wildman–Crippen MR) is 135 cm³/mol. The number of carbonyl (C=O) groups is 2. The maximum Gasteiger partial charge on any atom is 0.331 e. The molecule has 9 atom stereocenters. The van der Waals surface area contributed by atoms with Gasteiger partial charge < -0.3 is 14.9 Å². The van der Waals surface area contributed by atoms with Gasteiger partial charge in [0.1, 0.15) is 11.4 Å². The molecule has 0 unspecified atom stereocenters. The van der Waals surface area contributed by atoms with Crippen LogP contribution < -0.4 is 0 Å². The van der Waals surface area contributed by atoms with Crippen LogP contribution in [0.5, 0.6) is 0 Å². The van der Waals surface area contributed by atoms with Gasteiger partial charge in [0.25, 0.3) is 0 Å². The van der Waals surface area contributed by atoms with Crippen molar-refractivity contribution in [1.82, 2.24) is 0 Å². The molecule has 0 aromatic rings. The second-order valence-corrected chi connectivity index (χ2v) is 13.8. The van der Waals surface area contributed by atoms with Gasteiger partial charge in [-0.15, -0.1) is 0 Å². The summed E-state index contributed by atoms with van der Waals surface area (Å²) in [4.78, 5) is 25.4. The molecule has 0 radical (unpaired) electrons. The number of rotatable bonds is 4. The Labute approximate surface area is 210 Å². The van der Waals surface area contributed by atoms with Gasteiger partial charge in [-0.25, -0.2) is 4.79 Å². The third-order valence-electron chi connectivity index (χ3n) is 12.7. The number of aliphatic hydroxyl groups is 1. The summed E-state index contributed by atoms with van der Waals surface area (Å²) >= 11 is 0. The molecule has 4 aliphatic carbocycles. The lowest BCUT2D eigenvalue weighted by Gasteiger charge is -2.63. The molecule has 0 amide bonds. The fraction of sp³-hybridized carbons (Fsp3) is 0.800. The molecule has 0 aromatic carbocycles. The molecule has 5 fully saturated rings. The number of fused-ring (bicyclic) bond motifs is 2. The molecule has 1 heterocycles. The summed E-state index contributed by atoms with van der Waals surface area (Å²) in [6.07, 6.45) is 11.3. The summed E-state index contributed by atoms with van der Waals surface area (Å²) in [5, 5.41) is 20.1. The fourth-order valence-electron chi connectivity index (χ4n) is 10.3. The number of aliphatic carboxylic acids is 1. The maximum atomic E-state index is 14.2. The zero-order valence-electron chi connectivity index (χ0n) is 22.6. The number of epoxide rings is 1. The number of allylic oxidation sites excluding steroid dienone is 3. The van der Waals surface area contributed by atoms with E-state index in [0.29, 0.717) is 23.7 Å². The Balaban J connectivity index is 1.56. The van der Waals surface area contributed by atoms with Crippen molar-refractivity contribution in [2.75, 3.05) is 0 Å². The van der Waals surface area contributed by atoms with Crippen molar-refractivity contribution in [2.24, 2.45) is 38.9 Å². The highest BCUT2D eigenvalue weighted by Gasteiger charge is 2.91. The number of aliphatic hydroxyl groups excluding tert-OH is 1. The molecule has 194 valence electrons. The Morgan fingerprint density at radius 2 is 1.80 bits per heavy atom. The Bertz CT molecular complexity index is 1030. The number of carboxylic acid groups (broad SMARTS) is 1. The van der Waals surface area contributed by atoms with Crippen molar-refractivity contribution in [1.29, 1.82) is 0 Å². The van der Waals surface area contributed by atoms with Crippen LogP contribution in [0.3, 0.4) is 0 Å². The number of carboxylic acids is 1. The van der Waals surface area contributed by atoms with Gasteiger partial charge in [-0.1, -0.05) is 59.8 Å². The highest BCUT2D eigenvalue weighted by atomic mass is 16.6. The standard InChI is InChI=1S/C30H44O5/c1-18(24(33)34)9-8-10-19(2)27(6)17-23-30(35-23)28(27,7)15-13-22(32)29(30)16-11-20-25(3,4)21(31)12-14-26(20,29)5/h8-10,19-21,23,31H,11-17H2,1-7H3,(H,33,34)/b10-8-,18-9+/t19-,20+,21+,23-,26+,27-,28-,29-,30+/m1/s1. The van der Waals surface area contributed by atoms with Crippen LogP contribution in [0.15, 0.2) is 23.8 Å². The van der Waals surface area contributed by atoms with Crippen molar-refractivity contribution in [2.45, 2.75) is 111 Å². The van der Waals surface area contributed by atoms with Crippen LogP contribution in [0.4, 0.5) is 0 Å². The molecule has 1 aliphatic heterocycles. The first kappa shape index (κ1) is 25.2. The minimum absolute atomic E-state index is 0.0524. The highest BCUT2D eigenvalue weighted by molar-refractivity contribution is 5.90. The summed E-state index contributed by atoms with van der Waals surface area (Å²) in [5.74, 6) is 0.0328. The number of ether oxygens (including phenoxy) is 1. The van der Waals surface area contributed by atoms with Gasteiger partial charge in [0.2, 0.25) is 0 Å². The van der Waals surface area contributed by atoms with Crippen molar-refractivity contribution in [3.05, 3.63) is 23.8 Å². The van der Waals surface area contributed by atoms with Gasteiger partial charge in [-0.3, -0.25) is 4.79 Å². The van der Waals surface area contributed by atoms with Gasteiger partial charge in [0, 0.05) is 17.4 Å². The Morgan fingerprint density at radius 3 is 2.46 bits per heavy atom. The van der Waals surface area contributed by atoms with Crippen molar-refractivity contribution in [3.63, 3.8) is 0 Å². The van der Waals surface area contributed by atoms with Gasteiger partial charge in [0.15, 0.2) is 0 Å². The van der Waals surface area contributed by atoms with E-state index >= 15 is 0 Å². The molecule has 1 saturated heterocycles. The lowest BCUT2D eigenvalue weighted by molar-refractivity contribution is -0.195. The lowest BCUT2D eigenvalue weighted by Crippen LogP contribution is -2.67. The Kier molecular flexibility index (Phi) is 5.26. The first-order valence-electron chi connectivity index (χ1n) is 13.6. The summed E-state index contributed by atoms with van der Waals surface area (Å²) < 4.78 is 6.79. The zero-order chi connectivity index (χ0) is 25.8. The van der Waals surface area contributed by atoms with E-state index in [0.717, 1.165) is 38.5 Å². The fourth-order valence-corrected chi connectivity index (χ4v) is 10.3. The SMILES string of the molecule is C/C(=C\C=C/[C@@H](C)[C@@]1(C)C[C@H]2O[C@]23[C@]1(C)CCC(=O)[C@@]31CC[C@H]2C(C)(C)[C@@H](O)CC[C@@]21C)C(=O)O. The lowest BCUT2D eigenvalue weighted by atomic mass is 9.40. The second-order valence-electron chi connectivity index (χ2n) is 13.8. The number of carbonyl (C=O) groups excluding carboxylic acids is 1. The summed E-state index contributed by atoms with van der Waals surface area (Å²) in [6.45, 7) is 15.4. The molecule has 35 heavy (non-hydrogen) atoms. The molecule has 0 bridgehead atoms. The highest BCUT2D eigenvalue weighted by Crippen LogP contribution is 2.86. The van der Waals surface area contributed by atoms with E-state index < -0.39 is 17.0 Å². The van der Waals surface area contributed by atoms with Crippen LogP contribution in [0.2, 0.25) is 0 Å². The zero-order valence-corrected chi connectivity index (χ0v) is 22.6. The largest absolute Gasteiger partial charge is 0.478 e. The van der Waals surface area contributed by atoms with E-state index in [1.807, 2.05) is 6.08 Å². The Hall–Kier alpha value is -1.46. The van der Waals surface area contributed by atoms with Crippen LogP contribution in [-0.4, -0.2) is 39.8 Å². The van der Waals surface area contributed by atoms with E-state index in [-0.39, 0.29) is 39.8 Å². The van der Waals surface area contributed by atoms with E-state index in [4.69, 9.17) is 4.74 Å². The van der Waals surface area contributed by atoms with Crippen LogP contribution in [0.1, 0.15) is 93.4 Å². The first-order valence-corrected chi connectivity index (χ1v) is 13.6. The smallest absolute Gasteiger partial charge is 0.331 e. The van der Waals surface area contributed by atoms with Crippen molar-refractivity contribution < 1.29 is 24.5 Å². The maximum absolute atomic E-state index is 14.2. The first-order chi connectivity index (χ1) is 16.2. The molecule has 2 spiro atoms. The molecule has 0 aromatic heterocycles. The van der Waals surface area contributed by atoms with Crippen LogP contribution in [-0.2, 0) is 14.3 Å². The van der Waals surface area contributed by atoms with Crippen LogP contribution >= 0.6 is 0 Å². The van der Waals surface area contributed by atoms with Crippen molar-refractivity contribution in [3.8, 4) is 0 Å². The average Bonchev–Trinajstić information content (AvgIpc) is 3.33. The average molecular weight is 485 g/mol. The van der Waals surface area contributed by atoms with Crippen LogP contribution in [0.25, 0.3) is 0 Å². The van der Waals surface area contributed by atoms with E-state index in [9.17, 15) is 19.8 Å². The van der Waals surface area contributed by atoms with Crippen molar-refractivity contribution >= 4 is 11.8 Å². The molecule has 4 saturated carbocycles. The predicted octanol–water partition coefficient (Wildman–Crippen LogP) is 5.71. The number of Topliss-reactive ketones (excluding diaryl/α,β-unsaturated/α-hetero) is 1. The molecule has 2 N–H and O–H groups in total. The third kappa shape index (κ3) is 2.67. The van der Waals surface area contributed by atoms with Gasteiger partial charge >= 0.3 is 5.97 Å². The molecule has 5 rings (SSSR count). The molecule has 5 aliphatic rings. The number of hydrogen-bond donors (Lipinski definition) is 2. The van der Waals surface area contributed by atoms with Gasteiger partial charge in [0.05, 0.1) is 17.6 Å². The van der Waals surface area contributed by atoms with E-state index in [2.05, 4.69) is 47.6 Å². The second kappa shape index (κ2) is 7.31. The summed E-state index contributed by atoms with van der Waals surface area (Å²) in [7, 11) is 0. The minimum atomic E-state index is -0.896. The number of hydrogen-bond acceptors (Lipinski definition) is 4. The van der Waals surface area contributed by atoms with Crippen LogP contribution in [0, 0.1) is 38.9 Å². The normalized spacial score (nSPS) is 51.3. The monoisotopic (exact) mass is 484 g/mol. The number of ketones is 1. The molecular weight excluding hydrogens is 440 g/mol. The molecular formula is C30H44O5. The third-order valence-corrected chi connectivity index (χ3v) is 12.7. The topological polar surface area (TPSA) is 87.1 Å². The molecule has 5 heteroatoms. The van der Waals surface area contributed by atoms with Gasteiger partial charge in [-0.05, 0) is 73.5 Å². The van der Waals surface area contributed by atoms with E-state index in [1.165, 1.54) is 0 Å². The van der Waals surface area contributed by atoms with E-state index in [1.54, 1.807) is 13.0 Å². The summed E-state index contributed by atoms with van der Waals surface area (Å²) in [6, 6.07) is 0. The summed E-state index contributed by atoms with van der Waals surface area (Å²) in [5.41, 5.74) is -1.17. The Morgan fingerprint density at radius 1 is 1.11 bits per heavy atom. The quantitative estimate of drug-likeness (QED) is 0.303.